The Morgan fingerprint density at radius 3 is 2.35 bits per heavy atom. The van der Waals surface area contributed by atoms with E-state index in [0.717, 1.165) is 31.7 Å². The van der Waals surface area contributed by atoms with Crippen molar-refractivity contribution in [3.63, 3.8) is 0 Å². The molecule has 5 nitrogen and oxygen atoms in total. The highest BCUT2D eigenvalue weighted by atomic mass is 16.5. The number of hydrogen-bond donors (Lipinski definition) is 1. The van der Waals surface area contributed by atoms with Crippen LogP contribution in [0.25, 0.3) is 0 Å². The molecule has 1 atom stereocenters. The molecule has 1 fully saturated rings. The summed E-state index contributed by atoms with van der Waals surface area (Å²) in [5.74, 6) is 1.32. The molecule has 5 heteroatoms. The third kappa shape index (κ3) is 4.29. The second kappa shape index (κ2) is 8.43. The van der Waals surface area contributed by atoms with Crippen LogP contribution in [0.15, 0.2) is 42.5 Å². The quantitative estimate of drug-likeness (QED) is 0.862. The molecule has 2 aromatic rings. The van der Waals surface area contributed by atoms with Crippen molar-refractivity contribution in [2.24, 2.45) is 0 Å². The SMILES string of the molecule is COc1ccc([C@H](O)CN2CCN(c3cccc(C)c3)CC2)cc1OC. The van der Waals surface area contributed by atoms with Crippen molar-refractivity contribution in [1.29, 1.82) is 0 Å². The highest BCUT2D eigenvalue weighted by Gasteiger charge is 2.21. The number of aliphatic hydroxyl groups is 1. The van der Waals surface area contributed by atoms with E-state index in [2.05, 4.69) is 41.0 Å². The molecule has 1 saturated heterocycles. The average molecular weight is 356 g/mol. The molecule has 0 spiro atoms. The number of nitrogens with zero attached hydrogens (tertiary/aromatic N) is 2. The Morgan fingerprint density at radius 2 is 1.69 bits per heavy atom. The zero-order valence-corrected chi connectivity index (χ0v) is 15.8. The summed E-state index contributed by atoms with van der Waals surface area (Å²) >= 11 is 0. The fourth-order valence-electron chi connectivity index (χ4n) is 3.42. The van der Waals surface area contributed by atoms with Gasteiger partial charge in [0.05, 0.1) is 20.3 Å². The summed E-state index contributed by atoms with van der Waals surface area (Å²) < 4.78 is 10.6. The number of methoxy groups -OCH3 is 2. The van der Waals surface area contributed by atoms with Gasteiger partial charge in [-0.1, -0.05) is 18.2 Å². The van der Waals surface area contributed by atoms with Gasteiger partial charge in [0.1, 0.15) is 0 Å². The van der Waals surface area contributed by atoms with Crippen molar-refractivity contribution in [3.8, 4) is 11.5 Å². The van der Waals surface area contributed by atoms with Gasteiger partial charge in [-0.25, -0.2) is 0 Å². The van der Waals surface area contributed by atoms with Crippen molar-refractivity contribution < 1.29 is 14.6 Å². The van der Waals surface area contributed by atoms with Crippen LogP contribution in [0, 0.1) is 6.92 Å². The summed E-state index contributed by atoms with van der Waals surface area (Å²) in [6.07, 6.45) is -0.541. The molecule has 140 valence electrons. The molecule has 3 rings (SSSR count). The van der Waals surface area contributed by atoms with Crippen LogP contribution in [0.4, 0.5) is 5.69 Å². The topological polar surface area (TPSA) is 45.2 Å². The summed E-state index contributed by atoms with van der Waals surface area (Å²) in [6.45, 7) is 6.58. The van der Waals surface area contributed by atoms with Crippen LogP contribution >= 0.6 is 0 Å². The van der Waals surface area contributed by atoms with E-state index in [1.165, 1.54) is 11.3 Å². The monoisotopic (exact) mass is 356 g/mol. The predicted molar refractivity (Wildman–Crippen MR) is 104 cm³/mol. The number of aryl methyl sites for hydroxylation is 1. The average Bonchev–Trinajstić information content (AvgIpc) is 2.68. The third-order valence-corrected chi connectivity index (χ3v) is 4.96. The molecule has 26 heavy (non-hydrogen) atoms. The van der Waals surface area contributed by atoms with Crippen LogP contribution in [-0.2, 0) is 0 Å². The van der Waals surface area contributed by atoms with Gasteiger partial charge in [-0.3, -0.25) is 4.90 Å². The molecule has 0 bridgehead atoms. The molecule has 0 aliphatic carbocycles. The number of ether oxygens (including phenoxy) is 2. The summed E-state index contributed by atoms with van der Waals surface area (Å²) in [4.78, 5) is 4.72. The molecule has 1 heterocycles. The lowest BCUT2D eigenvalue weighted by Gasteiger charge is -2.37. The smallest absolute Gasteiger partial charge is 0.161 e. The maximum absolute atomic E-state index is 10.6. The zero-order chi connectivity index (χ0) is 18.5. The minimum absolute atomic E-state index is 0.541. The summed E-state index contributed by atoms with van der Waals surface area (Å²) in [6, 6.07) is 14.2. The first kappa shape index (κ1) is 18.5. The minimum Gasteiger partial charge on any atom is -0.493 e. The van der Waals surface area contributed by atoms with Gasteiger partial charge in [-0.2, -0.15) is 0 Å². The number of hydrogen-bond acceptors (Lipinski definition) is 5. The van der Waals surface area contributed by atoms with Gasteiger partial charge in [-0.05, 0) is 42.3 Å². The molecular formula is C21H28N2O3. The van der Waals surface area contributed by atoms with E-state index in [0.29, 0.717) is 18.0 Å². The van der Waals surface area contributed by atoms with Gasteiger partial charge >= 0.3 is 0 Å². The highest BCUT2D eigenvalue weighted by Crippen LogP contribution is 2.30. The van der Waals surface area contributed by atoms with Crippen molar-refractivity contribution in [1.82, 2.24) is 4.90 Å². The normalized spacial score (nSPS) is 16.4. The van der Waals surface area contributed by atoms with E-state index in [4.69, 9.17) is 9.47 Å². The number of β-amino-alcohol motifs (C(OH)–C–C–N with tert-alkyl or cyclic N) is 1. The Morgan fingerprint density at radius 1 is 0.962 bits per heavy atom. The number of aliphatic hydroxyl groups excluding tert-OH is 1. The lowest BCUT2D eigenvalue weighted by atomic mass is 10.1. The first-order valence-corrected chi connectivity index (χ1v) is 9.04. The van der Waals surface area contributed by atoms with Crippen LogP contribution in [0.3, 0.4) is 0 Å². The molecule has 1 N–H and O–H groups in total. The molecule has 1 aliphatic rings. The standard InChI is InChI=1S/C21H28N2O3/c1-16-5-4-6-18(13-16)23-11-9-22(10-12-23)15-19(24)17-7-8-20(25-2)21(14-17)26-3/h4-8,13-14,19,24H,9-12,15H2,1-3H3/t19-/m1/s1. The van der Waals surface area contributed by atoms with Gasteiger partial charge in [0.15, 0.2) is 11.5 Å². The van der Waals surface area contributed by atoms with Gasteiger partial charge in [0, 0.05) is 38.4 Å². The maximum atomic E-state index is 10.6. The molecule has 0 radical (unpaired) electrons. The van der Waals surface area contributed by atoms with Crippen molar-refractivity contribution in [3.05, 3.63) is 53.6 Å². The molecule has 1 aliphatic heterocycles. The van der Waals surface area contributed by atoms with E-state index in [1.807, 2.05) is 18.2 Å². The largest absolute Gasteiger partial charge is 0.493 e. The fraction of sp³-hybridized carbons (Fsp3) is 0.429. The van der Waals surface area contributed by atoms with E-state index in [1.54, 1.807) is 14.2 Å². The molecule has 0 saturated carbocycles. The zero-order valence-electron chi connectivity index (χ0n) is 15.8. The Bertz CT molecular complexity index is 727. The number of benzene rings is 2. The summed E-state index contributed by atoms with van der Waals surface area (Å²) in [7, 11) is 3.22. The fourth-order valence-corrected chi connectivity index (χ4v) is 3.42. The van der Waals surface area contributed by atoms with Gasteiger partial charge < -0.3 is 19.5 Å². The summed E-state index contributed by atoms with van der Waals surface area (Å²) in [5, 5.41) is 10.6. The van der Waals surface area contributed by atoms with E-state index >= 15 is 0 Å². The maximum Gasteiger partial charge on any atom is 0.161 e. The number of rotatable bonds is 6. The van der Waals surface area contributed by atoms with Gasteiger partial charge in [0.25, 0.3) is 0 Å². The predicted octanol–water partition coefficient (Wildman–Crippen LogP) is 2.87. The minimum atomic E-state index is -0.541. The first-order valence-electron chi connectivity index (χ1n) is 9.04. The van der Waals surface area contributed by atoms with Gasteiger partial charge in [0.2, 0.25) is 0 Å². The first-order chi connectivity index (χ1) is 12.6. The second-order valence-corrected chi connectivity index (χ2v) is 6.76. The van der Waals surface area contributed by atoms with E-state index < -0.39 is 6.10 Å². The van der Waals surface area contributed by atoms with Crippen LogP contribution in [-0.4, -0.2) is 56.9 Å². The number of piperazine rings is 1. The molecule has 0 amide bonds. The third-order valence-electron chi connectivity index (χ3n) is 4.96. The van der Waals surface area contributed by atoms with E-state index in [9.17, 15) is 5.11 Å². The number of anilines is 1. The lowest BCUT2D eigenvalue weighted by molar-refractivity contribution is 0.109. The van der Waals surface area contributed by atoms with Gasteiger partial charge in [-0.15, -0.1) is 0 Å². The Hall–Kier alpha value is -2.24. The Balaban J connectivity index is 1.57. The van der Waals surface area contributed by atoms with Crippen molar-refractivity contribution >= 4 is 5.69 Å². The molecule has 0 unspecified atom stereocenters. The molecule has 2 aromatic carbocycles. The second-order valence-electron chi connectivity index (χ2n) is 6.76. The van der Waals surface area contributed by atoms with Crippen molar-refractivity contribution in [2.75, 3.05) is 51.8 Å². The van der Waals surface area contributed by atoms with Crippen LogP contribution < -0.4 is 14.4 Å². The van der Waals surface area contributed by atoms with E-state index in [-0.39, 0.29) is 0 Å². The van der Waals surface area contributed by atoms with Crippen LogP contribution in [0.2, 0.25) is 0 Å². The van der Waals surface area contributed by atoms with Crippen LogP contribution in [0.1, 0.15) is 17.2 Å². The highest BCUT2D eigenvalue weighted by molar-refractivity contribution is 5.49. The summed E-state index contributed by atoms with van der Waals surface area (Å²) in [5.41, 5.74) is 3.42. The Kier molecular flexibility index (Phi) is 6.01. The lowest BCUT2D eigenvalue weighted by Crippen LogP contribution is -2.47. The Labute approximate surface area is 155 Å². The van der Waals surface area contributed by atoms with Crippen LogP contribution in [0.5, 0.6) is 11.5 Å². The molecular weight excluding hydrogens is 328 g/mol. The van der Waals surface area contributed by atoms with Crippen molar-refractivity contribution in [2.45, 2.75) is 13.0 Å². The molecule has 0 aromatic heterocycles.